The first-order valence-electron chi connectivity index (χ1n) is 11.8. The minimum absolute atomic E-state index is 0.0634. The van der Waals surface area contributed by atoms with Gasteiger partial charge in [0.2, 0.25) is 5.91 Å². The molecule has 3 atom stereocenters. The average Bonchev–Trinajstić information content (AvgIpc) is 3.38. The number of carbonyl (C=O) groups is 3. The molecule has 0 aromatic heterocycles. The van der Waals surface area contributed by atoms with Gasteiger partial charge in [-0.25, -0.2) is 4.79 Å². The third-order valence-electron chi connectivity index (χ3n) is 6.86. The molecule has 0 heterocycles. The molecule has 2 aliphatic carbocycles. The second kappa shape index (κ2) is 9.49. The zero-order valence-electron chi connectivity index (χ0n) is 19.8. The summed E-state index contributed by atoms with van der Waals surface area (Å²) in [6.45, 7) is 5.78. The van der Waals surface area contributed by atoms with Gasteiger partial charge >= 0.3 is 12.1 Å². The van der Waals surface area contributed by atoms with Crippen LogP contribution in [-0.2, 0) is 14.3 Å². The molecule has 34 heavy (non-hydrogen) atoms. The Hall–Kier alpha value is -3.35. The van der Waals surface area contributed by atoms with Crippen LogP contribution in [0.1, 0.15) is 57.1 Å². The molecule has 7 heteroatoms. The Morgan fingerprint density at radius 2 is 1.59 bits per heavy atom. The van der Waals surface area contributed by atoms with Gasteiger partial charge < -0.3 is 20.5 Å². The summed E-state index contributed by atoms with van der Waals surface area (Å²) in [5, 5.41) is 14.9. The maximum Gasteiger partial charge on any atom is 0.407 e. The molecule has 2 amide bonds. The van der Waals surface area contributed by atoms with Crippen LogP contribution < -0.4 is 10.6 Å². The van der Waals surface area contributed by atoms with E-state index in [1.807, 2.05) is 45.0 Å². The van der Waals surface area contributed by atoms with Gasteiger partial charge in [-0.15, -0.1) is 0 Å². The molecule has 1 saturated carbocycles. The summed E-state index contributed by atoms with van der Waals surface area (Å²) in [4.78, 5) is 37.0. The third kappa shape index (κ3) is 4.93. The van der Waals surface area contributed by atoms with Gasteiger partial charge in [0.25, 0.3) is 0 Å². The Morgan fingerprint density at radius 1 is 1.00 bits per heavy atom. The standard InChI is InChI=1S/C27H32N2O5/c1-27(2,3)23(24(30)28-17-13-12-16(14-17)25(31)32)29-26(33)34-15-22-20-10-6-4-8-18(20)19-9-5-7-11-21(19)22/h4-11,16-17,22-23H,12-15H2,1-3H3,(H,28,30)(H,29,33)(H,31,32)/t16-,17+,23?/m0/s1. The lowest BCUT2D eigenvalue weighted by Crippen LogP contribution is -2.55. The van der Waals surface area contributed by atoms with Crippen LogP contribution in [0.4, 0.5) is 4.79 Å². The Kier molecular flexibility index (Phi) is 6.64. The van der Waals surface area contributed by atoms with E-state index in [2.05, 4.69) is 34.9 Å². The largest absolute Gasteiger partial charge is 0.481 e. The highest BCUT2D eigenvalue weighted by atomic mass is 16.5. The first-order valence-corrected chi connectivity index (χ1v) is 11.8. The number of hydrogen-bond donors (Lipinski definition) is 3. The Morgan fingerprint density at radius 3 is 2.12 bits per heavy atom. The quantitative estimate of drug-likeness (QED) is 0.591. The van der Waals surface area contributed by atoms with Crippen LogP contribution in [-0.4, -0.2) is 41.8 Å². The number of ether oxygens (including phenoxy) is 1. The molecule has 0 spiro atoms. The summed E-state index contributed by atoms with van der Waals surface area (Å²) in [7, 11) is 0. The van der Waals surface area contributed by atoms with E-state index in [1.165, 1.54) is 0 Å². The van der Waals surface area contributed by atoms with Crippen molar-refractivity contribution in [2.24, 2.45) is 11.3 Å². The van der Waals surface area contributed by atoms with E-state index in [0.717, 1.165) is 22.3 Å². The Balaban J connectivity index is 1.39. The minimum atomic E-state index is -0.833. The molecule has 3 N–H and O–H groups in total. The number of amides is 2. The monoisotopic (exact) mass is 464 g/mol. The van der Waals surface area contributed by atoms with Crippen molar-refractivity contribution < 1.29 is 24.2 Å². The van der Waals surface area contributed by atoms with E-state index in [-0.39, 0.29) is 24.5 Å². The zero-order chi connectivity index (χ0) is 24.5. The molecule has 2 aromatic carbocycles. The first kappa shape index (κ1) is 23.8. The van der Waals surface area contributed by atoms with Crippen LogP contribution in [0.15, 0.2) is 48.5 Å². The number of carboxylic acid groups (broad SMARTS) is 1. The third-order valence-corrected chi connectivity index (χ3v) is 6.86. The van der Waals surface area contributed by atoms with Gasteiger partial charge in [0.15, 0.2) is 0 Å². The molecule has 0 aliphatic heterocycles. The average molecular weight is 465 g/mol. The highest BCUT2D eigenvalue weighted by Crippen LogP contribution is 2.44. The molecule has 0 radical (unpaired) electrons. The number of carbonyl (C=O) groups excluding carboxylic acids is 2. The fourth-order valence-electron chi connectivity index (χ4n) is 5.05. The molecule has 4 rings (SSSR count). The van der Waals surface area contributed by atoms with Crippen molar-refractivity contribution in [2.75, 3.05) is 6.61 Å². The second-order valence-corrected chi connectivity index (χ2v) is 10.3. The summed E-state index contributed by atoms with van der Waals surface area (Å²) in [6, 6.07) is 15.2. The zero-order valence-corrected chi connectivity index (χ0v) is 19.8. The van der Waals surface area contributed by atoms with Crippen LogP contribution in [0.25, 0.3) is 11.1 Å². The molecule has 0 saturated heterocycles. The van der Waals surface area contributed by atoms with Gasteiger partial charge in [-0.05, 0) is 46.9 Å². The highest BCUT2D eigenvalue weighted by molar-refractivity contribution is 5.87. The van der Waals surface area contributed by atoms with E-state index >= 15 is 0 Å². The van der Waals surface area contributed by atoms with Gasteiger partial charge in [-0.1, -0.05) is 69.3 Å². The van der Waals surface area contributed by atoms with E-state index in [9.17, 15) is 19.5 Å². The number of carboxylic acids is 1. The SMILES string of the molecule is CC(C)(C)C(NC(=O)OCC1c2ccccc2-c2ccccc21)C(=O)N[C@@H]1CC[C@H](C(=O)O)C1. The topological polar surface area (TPSA) is 105 Å². The smallest absolute Gasteiger partial charge is 0.407 e. The normalized spacial score (nSPS) is 20.2. The van der Waals surface area contributed by atoms with Crippen LogP contribution in [0.5, 0.6) is 0 Å². The van der Waals surface area contributed by atoms with Crippen LogP contribution in [0.3, 0.4) is 0 Å². The van der Waals surface area contributed by atoms with Gasteiger partial charge in [-0.3, -0.25) is 9.59 Å². The van der Waals surface area contributed by atoms with E-state index in [0.29, 0.717) is 19.3 Å². The van der Waals surface area contributed by atoms with Crippen molar-refractivity contribution in [3.8, 4) is 11.1 Å². The van der Waals surface area contributed by atoms with Crippen molar-refractivity contribution in [2.45, 2.75) is 58.0 Å². The molecule has 1 unspecified atom stereocenters. The van der Waals surface area contributed by atoms with E-state index in [1.54, 1.807) is 0 Å². The van der Waals surface area contributed by atoms with Crippen LogP contribution in [0, 0.1) is 11.3 Å². The summed E-state index contributed by atoms with van der Waals surface area (Å²) in [5.74, 6) is -1.65. The predicted molar refractivity (Wildman–Crippen MR) is 128 cm³/mol. The van der Waals surface area contributed by atoms with Crippen molar-refractivity contribution in [1.29, 1.82) is 0 Å². The molecule has 0 bridgehead atoms. The lowest BCUT2D eigenvalue weighted by molar-refractivity contribution is -0.141. The maximum atomic E-state index is 13.0. The first-order chi connectivity index (χ1) is 16.1. The molecule has 180 valence electrons. The maximum absolute atomic E-state index is 13.0. The molecular weight excluding hydrogens is 432 g/mol. The Labute approximate surface area is 199 Å². The molecule has 2 aliphatic rings. The van der Waals surface area contributed by atoms with Crippen molar-refractivity contribution >= 4 is 18.0 Å². The summed E-state index contributed by atoms with van der Waals surface area (Å²) >= 11 is 0. The number of alkyl carbamates (subject to hydrolysis) is 1. The van der Waals surface area contributed by atoms with Gasteiger partial charge in [0.1, 0.15) is 12.6 Å². The number of benzene rings is 2. The van der Waals surface area contributed by atoms with E-state index < -0.39 is 29.4 Å². The lowest BCUT2D eigenvalue weighted by Gasteiger charge is -2.31. The van der Waals surface area contributed by atoms with E-state index in [4.69, 9.17) is 4.74 Å². The van der Waals surface area contributed by atoms with Crippen molar-refractivity contribution in [3.63, 3.8) is 0 Å². The molecule has 2 aromatic rings. The van der Waals surface area contributed by atoms with Crippen molar-refractivity contribution in [3.05, 3.63) is 59.7 Å². The van der Waals surface area contributed by atoms with Gasteiger partial charge in [0, 0.05) is 12.0 Å². The summed E-state index contributed by atoms with van der Waals surface area (Å²) < 4.78 is 5.63. The number of fused-ring (bicyclic) bond motifs is 3. The summed E-state index contributed by atoms with van der Waals surface area (Å²) in [5.41, 5.74) is 3.98. The van der Waals surface area contributed by atoms with Crippen LogP contribution >= 0.6 is 0 Å². The number of hydrogen-bond acceptors (Lipinski definition) is 4. The molecular formula is C27H32N2O5. The van der Waals surface area contributed by atoms with Crippen LogP contribution in [0.2, 0.25) is 0 Å². The number of aliphatic carboxylic acids is 1. The molecule has 1 fully saturated rings. The van der Waals surface area contributed by atoms with Gasteiger partial charge in [-0.2, -0.15) is 0 Å². The fraction of sp³-hybridized carbons (Fsp3) is 0.444. The number of rotatable bonds is 6. The lowest BCUT2D eigenvalue weighted by atomic mass is 9.86. The minimum Gasteiger partial charge on any atom is -0.481 e. The fourth-order valence-corrected chi connectivity index (χ4v) is 5.05. The Bertz CT molecular complexity index is 1040. The summed E-state index contributed by atoms with van der Waals surface area (Å²) in [6.07, 6.45) is 0.917. The predicted octanol–water partition coefficient (Wildman–Crippen LogP) is 4.31. The molecule has 7 nitrogen and oxygen atoms in total. The van der Waals surface area contributed by atoms with Gasteiger partial charge in [0.05, 0.1) is 5.92 Å². The number of nitrogens with one attached hydrogen (secondary N) is 2. The highest BCUT2D eigenvalue weighted by Gasteiger charge is 2.37. The second-order valence-electron chi connectivity index (χ2n) is 10.3. The van der Waals surface area contributed by atoms with Crippen molar-refractivity contribution in [1.82, 2.24) is 10.6 Å².